The van der Waals surface area contributed by atoms with Crippen molar-refractivity contribution >= 4 is 16.9 Å². The molecule has 1 N–H and O–H groups in total. The van der Waals surface area contributed by atoms with E-state index in [-0.39, 0.29) is 10.9 Å². The first-order chi connectivity index (χ1) is 10.5. The Bertz CT molecular complexity index is 949. The lowest BCUT2D eigenvalue weighted by molar-refractivity contribution is 0.0695. The zero-order chi connectivity index (χ0) is 15.9. The van der Waals surface area contributed by atoms with Crippen molar-refractivity contribution in [2.24, 2.45) is 0 Å². The molecule has 110 valence electrons. The van der Waals surface area contributed by atoms with Crippen LogP contribution in [0.25, 0.3) is 16.6 Å². The number of pyridine rings is 1. The van der Waals surface area contributed by atoms with E-state index in [4.69, 9.17) is 5.11 Å². The van der Waals surface area contributed by atoms with Crippen LogP contribution in [0, 0.1) is 11.6 Å². The summed E-state index contributed by atoms with van der Waals surface area (Å²) in [5, 5.41) is 8.82. The van der Waals surface area contributed by atoms with E-state index in [2.05, 4.69) is 0 Å². The van der Waals surface area contributed by atoms with Gasteiger partial charge in [0, 0.05) is 18.0 Å². The van der Waals surface area contributed by atoms with Crippen LogP contribution in [0.15, 0.2) is 53.5 Å². The molecule has 3 aromatic rings. The quantitative estimate of drug-likeness (QED) is 0.791. The summed E-state index contributed by atoms with van der Waals surface area (Å²) in [7, 11) is 0. The molecule has 0 radical (unpaired) electrons. The highest BCUT2D eigenvalue weighted by molar-refractivity contribution is 5.93. The zero-order valence-corrected chi connectivity index (χ0v) is 11.1. The average Bonchev–Trinajstić information content (AvgIpc) is 2.48. The van der Waals surface area contributed by atoms with Gasteiger partial charge in [0.1, 0.15) is 11.4 Å². The molecule has 22 heavy (non-hydrogen) atoms. The normalized spacial score (nSPS) is 10.8. The first kappa shape index (κ1) is 13.9. The molecule has 0 spiro atoms. The maximum absolute atomic E-state index is 14.2. The topological polar surface area (TPSA) is 59.3 Å². The van der Waals surface area contributed by atoms with Gasteiger partial charge in [-0.25, -0.2) is 13.6 Å². The lowest BCUT2D eigenvalue weighted by Gasteiger charge is -2.13. The van der Waals surface area contributed by atoms with Gasteiger partial charge in [-0.1, -0.05) is 18.2 Å². The van der Waals surface area contributed by atoms with Crippen LogP contribution < -0.4 is 5.43 Å². The smallest absolute Gasteiger partial charge is 0.341 e. The van der Waals surface area contributed by atoms with E-state index in [0.717, 1.165) is 12.3 Å². The van der Waals surface area contributed by atoms with Gasteiger partial charge in [0.25, 0.3) is 0 Å². The van der Waals surface area contributed by atoms with Crippen molar-refractivity contribution in [1.29, 1.82) is 0 Å². The Hall–Kier alpha value is -3.02. The van der Waals surface area contributed by atoms with Crippen LogP contribution in [0.1, 0.15) is 10.4 Å². The van der Waals surface area contributed by atoms with Gasteiger partial charge < -0.3 is 9.67 Å². The predicted octanol–water partition coefficient (Wildman–Crippen LogP) is 2.97. The first-order valence-electron chi connectivity index (χ1n) is 6.32. The van der Waals surface area contributed by atoms with Gasteiger partial charge in [0.2, 0.25) is 5.43 Å². The number of aromatic nitrogens is 1. The van der Waals surface area contributed by atoms with Crippen molar-refractivity contribution in [2.75, 3.05) is 0 Å². The Labute approximate surface area is 122 Å². The Morgan fingerprint density at radius 2 is 1.77 bits per heavy atom. The molecule has 0 unspecified atom stereocenters. The van der Waals surface area contributed by atoms with E-state index in [0.29, 0.717) is 11.8 Å². The third kappa shape index (κ3) is 2.14. The summed E-state index contributed by atoms with van der Waals surface area (Å²) in [5.74, 6) is -3.33. The zero-order valence-electron chi connectivity index (χ0n) is 11.1. The molecule has 6 heteroatoms. The minimum Gasteiger partial charge on any atom is -0.477 e. The summed E-state index contributed by atoms with van der Waals surface area (Å²) in [5.41, 5.74) is -1.18. The molecule has 0 aliphatic rings. The van der Waals surface area contributed by atoms with E-state index in [9.17, 15) is 18.4 Å². The van der Waals surface area contributed by atoms with Gasteiger partial charge >= 0.3 is 5.97 Å². The molecule has 0 atom stereocenters. The molecule has 4 nitrogen and oxygen atoms in total. The Morgan fingerprint density at radius 3 is 2.41 bits per heavy atom. The summed E-state index contributed by atoms with van der Waals surface area (Å²) in [6.45, 7) is 0. The molecule has 1 aromatic heterocycles. The summed E-state index contributed by atoms with van der Waals surface area (Å²) >= 11 is 0. The van der Waals surface area contributed by atoms with Crippen LogP contribution in [0.2, 0.25) is 0 Å². The number of halogens is 2. The molecule has 0 fully saturated rings. The van der Waals surface area contributed by atoms with Gasteiger partial charge in [-0.05, 0) is 18.2 Å². The molecule has 0 saturated heterocycles. The Kier molecular flexibility index (Phi) is 3.21. The molecular weight excluding hydrogens is 292 g/mol. The fraction of sp³-hybridized carbons (Fsp3) is 0. The maximum atomic E-state index is 14.2. The minimum absolute atomic E-state index is 0.164. The first-order valence-corrected chi connectivity index (χ1v) is 6.32. The van der Waals surface area contributed by atoms with Crippen molar-refractivity contribution in [2.45, 2.75) is 0 Å². The fourth-order valence-corrected chi connectivity index (χ4v) is 2.33. The Balaban J connectivity index is 2.53. The lowest BCUT2D eigenvalue weighted by Crippen LogP contribution is -2.19. The molecular formula is C16H9F2NO3. The van der Waals surface area contributed by atoms with Gasteiger partial charge in [0.05, 0.1) is 10.9 Å². The Morgan fingerprint density at radius 1 is 1.09 bits per heavy atom. The standard InChI is InChI=1S/C16H9F2NO3/c17-9-6-11-14(13(18)7-9)19(10-4-2-1-3-5-10)8-12(15(11)20)16(21)22/h1-8H,(H,21,22). The van der Waals surface area contributed by atoms with Crippen LogP contribution in [0.3, 0.4) is 0 Å². The van der Waals surface area contributed by atoms with Gasteiger partial charge in [0.15, 0.2) is 5.82 Å². The molecule has 1 heterocycles. The highest BCUT2D eigenvalue weighted by Crippen LogP contribution is 2.21. The third-order valence-corrected chi connectivity index (χ3v) is 3.28. The minimum atomic E-state index is -1.46. The third-order valence-electron chi connectivity index (χ3n) is 3.28. The lowest BCUT2D eigenvalue weighted by atomic mass is 10.1. The number of rotatable bonds is 2. The predicted molar refractivity (Wildman–Crippen MR) is 76.4 cm³/mol. The number of carbonyl (C=O) groups is 1. The van der Waals surface area contributed by atoms with Crippen LogP contribution in [-0.2, 0) is 0 Å². The number of carboxylic acid groups (broad SMARTS) is 1. The number of carboxylic acids is 1. The van der Waals surface area contributed by atoms with Crippen LogP contribution in [0.5, 0.6) is 0 Å². The largest absolute Gasteiger partial charge is 0.477 e. The number of para-hydroxylation sites is 1. The van der Waals surface area contributed by atoms with E-state index >= 15 is 0 Å². The number of aromatic carboxylic acids is 1. The molecule has 2 aromatic carbocycles. The summed E-state index contributed by atoms with van der Waals surface area (Å²) in [6, 6.07) is 9.84. The number of nitrogens with zero attached hydrogens (tertiary/aromatic N) is 1. The summed E-state index contributed by atoms with van der Waals surface area (Å²) in [6.07, 6.45) is 1.04. The van der Waals surface area contributed by atoms with E-state index in [1.165, 1.54) is 4.57 Å². The van der Waals surface area contributed by atoms with E-state index in [1.54, 1.807) is 30.3 Å². The molecule has 0 amide bonds. The highest BCUT2D eigenvalue weighted by atomic mass is 19.1. The molecule has 0 bridgehead atoms. The van der Waals surface area contributed by atoms with Crippen molar-refractivity contribution in [3.63, 3.8) is 0 Å². The highest BCUT2D eigenvalue weighted by Gasteiger charge is 2.18. The van der Waals surface area contributed by atoms with Crippen molar-refractivity contribution < 1.29 is 18.7 Å². The number of fused-ring (bicyclic) bond motifs is 1. The summed E-state index contributed by atoms with van der Waals surface area (Å²) < 4.78 is 28.8. The van der Waals surface area contributed by atoms with Gasteiger partial charge in [-0.3, -0.25) is 4.79 Å². The average molecular weight is 301 g/mol. The second kappa shape index (κ2) is 5.07. The second-order valence-electron chi connectivity index (χ2n) is 4.67. The molecule has 0 aliphatic carbocycles. The summed E-state index contributed by atoms with van der Waals surface area (Å²) in [4.78, 5) is 23.3. The molecule has 0 saturated carbocycles. The van der Waals surface area contributed by atoms with Crippen molar-refractivity contribution in [1.82, 2.24) is 4.57 Å². The van der Waals surface area contributed by atoms with E-state index < -0.39 is 28.6 Å². The van der Waals surface area contributed by atoms with Gasteiger partial charge in [-0.15, -0.1) is 0 Å². The van der Waals surface area contributed by atoms with Crippen LogP contribution >= 0.6 is 0 Å². The fourth-order valence-electron chi connectivity index (χ4n) is 2.33. The maximum Gasteiger partial charge on any atom is 0.341 e. The van der Waals surface area contributed by atoms with Crippen molar-refractivity contribution in [3.8, 4) is 5.69 Å². The van der Waals surface area contributed by atoms with E-state index in [1.807, 2.05) is 0 Å². The molecule has 3 rings (SSSR count). The number of hydrogen-bond donors (Lipinski definition) is 1. The monoisotopic (exact) mass is 301 g/mol. The van der Waals surface area contributed by atoms with Crippen LogP contribution in [0.4, 0.5) is 8.78 Å². The molecule has 0 aliphatic heterocycles. The SMILES string of the molecule is O=C(O)c1cn(-c2ccccc2)c2c(F)cc(F)cc2c1=O. The van der Waals surface area contributed by atoms with Crippen LogP contribution in [-0.4, -0.2) is 15.6 Å². The van der Waals surface area contributed by atoms with Gasteiger partial charge in [-0.2, -0.15) is 0 Å². The second-order valence-corrected chi connectivity index (χ2v) is 4.67. The number of hydrogen-bond acceptors (Lipinski definition) is 2. The number of benzene rings is 2. The van der Waals surface area contributed by atoms with Crippen molar-refractivity contribution in [3.05, 3.63) is 76.1 Å².